The van der Waals surface area contributed by atoms with Crippen LogP contribution in [0.3, 0.4) is 0 Å². The summed E-state index contributed by atoms with van der Waals surface area (Å²) >= 11 is 0. The molecule has 4 aromatic rings. The van der Waals surface area contributed by atoms with Crippen LogP contribution in [0.5, 0.6) is 0 Å². The van der Waals surface area contributed by atoms with Crippen molar-refractivity contribution in [1.82, 2.24) is 15.1 Å². The Bertz CT molecular complexity index is 1370. The molecule has 0 aliphatic carbocycles. The van der Waals surface area contributed by atoms with Crippen molar-refractivity contribution >= 4 is 15.7 Å². The molecule has 4 rings (SSSR count). The highest BCUT2D eigenvalue weighted by atomic mass is 32.2. The first-order valence-corrected chi connectivity index (χ1v) is 11.9. The van der Waals surface area contributed by atoms with Gasteiger partial charge in [-0.1, -0.05) is 48.5 Å². The highest BCUT2D eigenvalue weighted by Gasteiger charge is 2.26. The third kappa shape index (κ3) is 5.20. The molecule has 0 atom stereocenters. The van der Waals surface area contributed by atoms with Crippen molar-refractivity contribution in [1.29, 1.82) is 0 Å². The average Bonchev–Trinajstić information content (AvgIpc) is 3.36. The van der Waals surface area contributed by atoms with E-state index in [0.29, 0.717) is 6.54 Å². The van der Waals surface area contributed by atoms with E-state index in [2.05, 4.69) is 10.4 Å². The molecule has 0 fully saturated rings. The Labute approximate surface area is 195 Å². The maximum Gasteiger partial charge on any atom is 0.341 e. The first-order chi connectivity index (χ1) is 16.3. The van der Waals surface area contributed by atoms with Gasteiger partial charge < -0.3 is 5.32 Å². The number of rotatable bonds is 8. The standard InChI is InChI=1S/C25H21F2N3O3S/c26-25(27)34(32,33)22-12-10-20(11-13-22)24(31)28-16-21-4-1-2-5-23(21)19-8-6-18(7-9-19)17-30-15-3-14-29-30/h1-15,25H,16-17H2,(H,28,31). The van der Waals surface area contributed by atoms with E-state index in [0.717, 1.165) is 34.4 Å². The number of carbonyl (C=O) groups excluding carboxylic acids is 1. The van der Waals surface area contributed by atoms with E-state index in [9.17, 15) is 22.0 Å². The van der Waals surface area contributed by atoms with Gasteiger partial charge in [-0.3, -0.25) is 9.48 Å². The van der Waals surface area contributed by atoms with Gasteiger partial charge in [0.2, 0.25) is 9.84 Å². The zero-order valence-electron chi connectivity index (χ0n) is 17.9. The second-order valence-corrected chi connectivity index (χ2v) is 9.49. The van der Waals surface area contributed by atoms with Crippen LogP contribution in [0.25, 0.3) is 11.1 Å². The van der Waals surface area contributed by atoms with Crippen LogP contribution in [-0.4, -0.2) is 29.9 Å². The lowest BCUT2D eigenvalue weighted by atomic mass is 9.98. The van der Waals surface area contributed by atoms with Crippen molar-refractivity contribution in [3.63, 3.8) is 0 Å². The van der Waals surface area contributed by atoms with E-state index >= 15 is 0 Å². The van der Waals surface area contributed by atoms with E-state index in [4.69, 9.17) is 0 Å². The van der Waals surface area contributed by atoms with Crippen LogP contribution in [0.4, 0.5) is 8.78 Å². The van der Waals surface area contributed by atoms with Gasteiger partial charge in [-0.15, -0.1) is 0 Å². The predicted octanol–water partition coefficient (Wildman–Crippen LogP) is 4.52. The van der Waals surface area contributed by atoms with Crippen LogP contribution in [0.1, 0.15) is 21.5 Å². The monoisotopic (exact) mass is 481 g/mol. The molecule has 34 heavy (non-hydrogen) atoms. The molecule has 0 saturated carbocycles. The molecule has 0 spiro atoms. The summed E-state index contributed by atoms with van der Waals surface area (Å²) in [6.45, 7) is 0.906. The number of hydrogen-bond acceptors (Lipinski definition) is 4. The van der Waals surface area contributed by atoms with Gasteiger partial charge in [-0.25, -0.2) is 8.42 Å². The molecule has 0 bridgehead atoms. The largest absolute Gasteiger partial charge is 0.348 e. The van der Waals surface area contributed by atoms with Crippen LogP contribution in [0, 0.1) is 0 Å². The highest BCUT2D eigenvalue weighted by molar-refractivity contribution is 7.91. The fraction of sp³-hybridized carbons (Fsp3) is 0.120. The van der Waals surface area contributed by atoms with E-state index in [1.807, 2.05) is 65.5 Å². The fourth-order valence-corrected chi connectivity index (χ4v) is 4.22. The quantitative estimate of drug-likeness (QED) is 0.401. The summed E-state index contributed by atoms with van der Waals surface area (Å²) in [7, 11) is -4.70. The molecule has 3 aromatic carbocycles. The summed E-state index contributed by atoms with van der Waals surface area (Å²) in [5.74, 6) is -3.95. The molecule has 0 aliphatic rings. The van der Waals surface area contributed by atoms with Gasteiger partial charge in [0.1, 0.15) is 0 Å². The SMILES string of the molecule is O=C(NCc1ccccc1-c1ccc(Cn2cccn2)cc1)c1ccc(S(=O)(=O)C(F)F)cc1. The summed E-state index contributed by atoms with van der Waals surface area (Å²) in [4.78, 5) is 12.0. The normalized spacial score (nSPS) is 11.5. The molecule has 1 N–H and O–H groups in total. The van der Waals surface area contributed by atoms with Crippen molar-refractivity contribution in [3.8, 4) is 11.1 Å². The summed E-state index contributed by atoms with van der Waals surface area (Å²) < 4.78 is 50.3. The van der Waals surface area contributed by atoms with Gasteiger partial charge in [0, 0.05) is 24.5 Å². The predicted molar refractivity (Wildman–Crippen MR) is 124 cm³/mol. The van der Waals surface area contributed by atoms with Crippen LogP contribution in [0.15, 0.2) is 96.2 Å². The second-order valence-electron chi connectivity index (χ2n) is 7.57. The lowest BCUT2D eigenvalue weighted by Gasteiger charge is -2.12. The molecule has 0 radical (unpaired) electrons. The number of halogens is 2. The summed E-state index contributed by atoms with van der Waals surface area (Å²) in [6, 6.07) is 22.1. The third-order valence-corrected chi connectivity index (χ3v) is 6.70. The Kier molecular flexibility index (Phi) is 6.83. The molecule has 1 aromatic heterocycles. The molecule has 9 heteroatoms. The van der Waals surface area contributed by atoms with Gasteiger partial charge in [-0.05, 0) is 52.6 Å². The molecule has 174 valence electrons. The average molecular weight is 482 g/mol. The number of nitrogens with one attached hydrogen (secondary N) is 1. The molecule has 0 aliphatic heterocycles. The van der Waals surface area contributed by atoms with E-state index in [1.165, 1.54) is 12.1 Å². The molecule has 0 saturated heterocycles. The van der Waals surface area contributed by atoms with E-state index in [-0.39, 0.29) is 12.1 Å². The Morgan fingerprint density at radius 1 is 0.941 bits per heavy atom. The smallest absolute Gasteiger partial charge is 0.341 e. The first kappa shape index (κ1) is 23.3. The van der Waals surface area contributed by atoms with Crippen molar-refractivity contribution in [2.45, 2.75) is 23.7 Å². The molecular formula is C25H21F2N3O3S. The highest BCUT2D eigenvalue weighted by Crippen LogP contribution is 2.25. The minimum Gasteiger partial charge on any atom is -0.348 e. The maximum absolute atomic E-state index is 12.7. The lowest BCUT2D eigenvalue weighted by molar-refractivity contribution is 0.0951. The number of carbonyl (C=O) groups is 1. The topological polar surface area (TPSA) is 81.1 Å². The van der Waals surface area contributed by atoms with E-state index < -0.39 is 26.4 Å². The summed E-state index contributed by atoms with van der Waals surface area (Å²) in [5.41, 5.74) is 4.14. The minimum atomic E-state index is -4.70. The Hall–Kier alpha value is -3.85. The first-order valence-electron chi connectivity index (χ1n) is 10.4. The zero-order chi connectivity index (χ0) is 24.1. The minimum absolute atomic E-state index is 0.175. The summed E-state index contributed by atoms with van der Waals surface area (Å²) in [5, 5.41) is 7.01. The molecular weight excluding hydrogens is 460 g/mol. The Balaban J connectivity index is 1.45. The molecule has 1 amide bonds. The van der Waals surface area contributed by atoms with Crippen LogP contribution < -0.4 is 5.32 Å². The Morgan fingerprint density at radius 3 is 2.29 bits per heavy atom. The lowest BCUT2D eigenvalue weighted by Crippen LogP contribution is -2.23. The number of hydrogen-bond donors (Lipinski definition) is 1. The maximum atomic E-state index is 12.7. The number of amides is 1. The van der Waals surface area contributed by atoms with Crippen molar-refractivity contribution in [3.05, 3.63) is 108 Å². The number of aromatic nitrogens is 2. The number of alkyl halides is 2. The van der Waals surface area contributed by atoms with Crippen LogP contribution in [-0.2, 0) is 22.9 Å². The molecule has 6 nitrogen and oxygen atoms in total. The van der Waals surface area contributed by atoms with Crippen LogP contribution >= 0.6 is 0 Å². The van der Waals surface area contributed by atoms with Crippen molar-refractivity contribution in [2.24, 2.45) is 0 Å². The Morgan fingerprint density at radius 2 is 1.65 bits per heavy atom. The number of sulfone groups is 1. The molecule has 1 heterocycles. The summed E-state index contributed by atoms with van der Waals surface area (Å²) in [6.07, 6.45) is 3.63. The zero-order valence-corrected chi connectivity index (χ0v) is 18.8. The van der Waals surface area contributed by atoms with Gasteiger partial charge in [0.15, 0.2) is 0 Å². The second kappa shape index (κ2) is 9.96. The van der Waals surface area contributed by atoms with Crippen molar-refractivity contribution < 1.29 is 22.0 Å². The van der Waals surface area contributed by atoms with Crippen molar-refractivity contribution in [2.75, 3.05) is 0 Å². The van der Waals surface area contributed by atoms with Crippen LogP contribution in [0.2, 0.25) is 0 Å². The van der Waals surface area contributed by atoms with Gasteiger partial charge >= 0.3 is 5.76 Å². The van der Waals surface area contributed by atoms with Gasteiger partial charge in [0.25, 0.3) is 5.91 Å². The van der Waals surface area contributed by atoms with E-state index in [1.54, 1.807) is 6.20 Å². The molecule has 0 unspecified atom stereocenters. The van der Waals surface area contributed by atoms with Gasteiger partial charge in [0.05, 0.1) is 11.4 Å². The van der Waals surface area contributed by atoms with Gasteiger partial charge in [-0.2, -0.15) is 13.9 Å². The third-order valence-electron chi connectivity index (χ3n) is 5.31. The number of nitrogens with zero attached hydrogens (tertiary/aromatic N) is 2. The number of benzene rings is 3. The fourth-order valence-electron chi connectivity index (χ4n) is 3.50.